The lowest BCUT2D eigenvalue weighted by Crippen LogP contribution is -2.16. The van der Waals surface area contributed by atoms with Crippen LogP contribution in [0.4, 0.5) is 13.2 Å². The first kappa shape index (κ1) is 20.8. The smallest absolute Gasteiger partial charge is 0.381 e. The molecule has 31 heavy (non-hydrogen) atoms. The van der Waals surface area contributed by atoms with E-state index >= 15 is 0 Å². The highest BCUT2D eigenvalue weighted by atomic mass is 32.2. The molecule has 1 unspecified atom stereocenters. The quantitative estimate of drug-likeness (QED) is 0.620. The molecule has 1 saturated carbocycles. The Kier molecular flexibility index (Phi) is 5.23. The Hall–Kier alpha value is -2.09. The fourth-order valence-electron chi connectivity index (χ4n) is 3.80. The molecule has 3 aliphatic rings. The monoisotopic (exact) mass is 462 g/mol. The number of nitriles is 1. The molecule has 0 N–H and O–H groups in total. The van der Waals surface area contributed by atoms with Crippen molar-refractivity contribution < 1.29 is 17.9 Å². The zero-order valence-corrected chi connectivity index (χ0v) is 17.9. The average Bonchev–Trinajstić information content (AvgIpc) is 3.30. The van der Waals surface area contributed by atoms with Gasteiger partial charge in [-0.1, -0.05) is 17.8 Å². The second kappa shape index (κ2) is 7.80. The van der Waals surface area contributed by atoms with Crippen LogP contribution in [0.2, 0.25) is 0 Å². The van der Waals surface area contributed by atoms with E-state index in [4.69, 9.17) is 9.73 Å². The van der Waals surface area contributed by atoms with E-state index in [1.807, 2.05) is 6.07 Å². The minimum Gasteiger partial charge on any atom is -0.381 e. The number of hydrogen-bond donors (Lipinski definition) is 0. The molecule has 5 nitrogen and oxygen atoms in total. The number of rotatable bonds is 3. The van der Waals surface area contributed by atoms with Crippen LogP contribution in [0.3, 0.4) is 0 Å². The SMILES string of the molecule is N#Cc1cc(C(F)(F)F)ccc1CSC1=NC2(CC2)c2cc(C3CCOC3)nnc2S1. The normalized spacial score (nSPS) is 21.5. The number of alkyl halides is 3. The maximum absolute atomic E-state index is 12.9. The van der Waals surface area contributed by atoms with Crippen molar-refractivity contribution in [3.63, 3.8) is 0 Å². The van der Waals surface area contributed by atoms with E-state index < -0.39 is 11.7 Å². The lowest BCUT2D eigenvalue weighted by molar-refractivity contribution is -0.137. The van der Waals surface area contributed by atoms with Crippen LogP contribution in [-0.2, 0) is 22.2 Å². The van der Waals surface area contributed by atoms with Crippen LogP contribution < -0.4 is 0 Å². The van der Waals surface area contributed by atoms with Gasteiger partial charge in [0.15, 0.2) is 0 Å². The zero-order chi connectivity index (χ0) is 21.6. The van der Waals surface area contributed by atoms with Crippen LogP contribution in [0.5, 0.6) is 0 Å². The minimum atomic E-state index is -4.47. The van der Waals surface area contributed by atoms with E-state index in [-0.39, 0.29) is 17.0 Å². The van der Waals surface area contributed by atoms with Crippen molar-refractivity contribution in [3.8, 4) is 6.07 Å². The average molecular weight is 463 g/mol. The van der Waals surface area contributed by atoms with E-state index in [1.165, 1.54) is 29.6 Å². The molecule has 1 aromatic heterocycles. The van der Waals surface area contributed by atoms with E-state index in [9.17, 15) is 18.4 Å². The number of ether oxygens (including phenoxy) is 1. The number of hydrogen-bond acceptors (Lipinski definition) is 7. The van der Waals surface area contributed by atoms with Gasteiger partial charge in [-0.3, -0.25) is 4.99 Å². The Morgan fingerprint density at radius 3 is 2.77 bits per heavy atom. The van der Waals surface area contributed by atoms with E-state index in [2.05, 4.69) is 16.3 Å². The van der Waals surface area contributed by atoms with Crippen LogP contribution in [-0.4, -0.2) is 27.8 Å². The highest BCUT2D eigenvalue weighted by Gasteiger charge is 2.49. The molecule has 1 atom stereocenters. The lowest BCUT2D eigenvalue weighted by Gasteiger charge is -2.22. The second-order valence-electron chi connectivity index (χ2n) is 7.83. The molecule has 2 aliphatic heterocycles. The Bertz CT molecular complexity index is 1100. The summed E-state index contributed by atoms with van der Waals surface area (Å²) in [5, 5.41) is 19.0. The molecule has 2 aromatic rings. The van der Waals surface area contributed by atoms with Crippen LogP contribution in [0.15, 0.2) is 34.3 Å². The van der Waals surface area contributed by atoms with Gasteiger partial charge >= 0.3 is 6.18 Å². The molecular weight excluding hydrogens is 445 g/mol. The van der Waals surface area contributed by atoms with Gasteiger partial charge in [-0.15, -0.1) is 5.10 Å². The molecule has 5 rings (SSSR count). The topological polar surface area (TPSA) is 71.2 Å². The maximum Gasteiger partial charge on any atom is 0.416 e. The molecule has 3 heterocycles. The lowest BCUT2D eigenvalue weighted by atomic mass is 10.0. The molecule has 1 aliphatic carbocycles. The Balaban J connectivity index is 1.34. The van der Waals surface area contributed by atoms with Gasteiger partial charge in [0.05, 0.1) is 35.0 Å². The number of thioether (sulfide) groups is 2. The number of aliphatic imine (C=N–C) groups is 1. The first-order valence-electron chi connectivity index (χ1n) is 9.84. The van der Waals surface area contributed by atoms with Gasteiger partial charge in [-0.2, -0.15) is 23.5 Å². The Morgan fingerprint density at radius 2 is 2.10 bits per heavy atom. The van der Waals surface area contributed by atoms with Gasteiger partial charge in [-0.05, 0) is 54.8 Å². The van der Waals surface area contributed by atoms with Crippen molar-refractivity contribution >= 4 is 27.9 Å². The largest absolute Gasteiger partial charge is 0.416 e. The summed E-state index contributed by atoms with van der Waals surface area (Å²) in [4.78, 5) is 4.94. The summed E-state index contributed by atoms with van der Waals surface area (Å²) in [7, 11) is 0. The number of benzene rings is 1. The molecule has 1 aromatic carbocycles. The van der Waals surface area contributed by atoms with Gasteiger partial charge in [0, 0.05) is 23.8 Å². The summed E-state index contributed by atoms with van der Waals surface area (Å²) in [5.41, 5.74) is 1.59. The van der Waals surface area contributed by atoms with Crippen molar-refractivity contribution in [2.45, 2.75) is 47.7 Å². The second-order valence-corrected chi connectivity index (χ2v) is 10.0. The highest BCUT2D eigenvalue weighted by Crippen LogP contribution is 2.56. The Labute approximate surface area is 185 Å². The van der Waals surface area contributed by atoms with Crippen LogP contribution in [0.1, 0.15) is 53.1 Å². The van der Waals surface area contributed by atoms with E-state index in [0.717, 1.165) is 58.7 Å². The van der Waals surface area contributed by atoms with E-state index in [0.29, 0.717) is 17.9 Å². The third-order valence-corrected chi connectivity index (χ3v) is 7.91. The molecule has 0 amide bonds. The van der Waals surface area contributed by atoms with Gasteiger partial charge < -0.3 is 4.74 Å². The van der Waals surface area contributed by atoms with E-state index in [1.54, 1.807) is 0 Å². The van der Waals surface area contributed by atoms with Crippen LogP contribution in [0.25, 0.3) is 0 Å². The summed E-state index contributed by atoms with van der Waals surface area (Å²) in [6.07, 6.45) is -1.63. The molecule has 0 radical (unpaired) electrons. The third kappa shape index (κ3) is 4.06. The molecule has 0 bridgehead atoms. The molecule has 1 spiro atoms. The van der Waals surface area contributed by atoms with Gasteiger partial charge in [0.2, 0.25) is 0 Å². The highest BCUT2D eigenvalue weighted by molar-refractivity contribution is 8.38. The predicted molar refractivity (Wildman–Crippen MR) is 112 cm³/mol. The van der Waals surface area contributed by atoms with Crippen molar-refractivity contribution in [3.05, 3.63) is 52.2 Å². The predicted octanol–water partition coefficient (Wildman–Crippen LogP) is 5.26. The van der Waals surface area contributed by atoms with Crippen molar-refractivity contribution in [1.82, 2.24) is 10.2 Å². The third-order valence-electron chi connectivity index (χ3n) is 5.75. The summed E-state index contributed by atoms with van der Waals surface area (Å²) in [5.74, 6) is 0.644. The molecule has 2 fully saturated rings. The standard InChI is InChI=1S/C21H17F3N4OS2/c22-21(23,24)15-2-1-13(14(7-15)9-25)11-30-19-26-20(4-5-20)16-8-17(12-3-6-29-10-12)27-28-18(16)31-19/h1-2,7-8,12H,3-6,10-11H2. The summed E-state index contributed by atoms with van der Waals surface area (Å²) in [6.45, 7) is 1.42. The zero-order valence-electron chi connectivity index (χ0n) is 16.3. The number of fused-ring (bicyclic) bond motifs is 2. The first-order valence-corrected chi connectivity index (χ1v) is 11.6. The van der Waals surface area contributed by atoms with Crippen molar-refractivity contribution in [1.29, 1.82) is 5.26 Å². The summed E-state index contributed by atoms with van der Waals surface area (Å²) < 4.78 is 45.0. The Morgan fingerprint density at radius 1 is 1.26 bits per heavy atom. The first-order chi connectivity index (χ1) is 14.9. The van der Waals surface area contributed by atoms with Gasteiger partial charge in [-0.25, -0.2) is 0 Å². The van der Waals surface area contributed by atoms with Gasteiger partial charge in [0.25, 0.3) is 0 Å². The fourth-order valence-corrected chi connectivity index (χ4v) is 6.04. The molecule has 1 saturated heterocycles. The van der Waals surface area contributed by atoms with Crippen molar-refractivity contribution in [2.24, 2.45) is 4.99 Å². The number of halogens is 3. The fraction of sp³-hybridized carbons (Fsp3) is 0.429. The van der Waals surface area contributed by atoms with Gasteiger partial charge in [0.1, 0.15) is 9.40 Å². The number of aromatic nitrogens is 2. The van der Waals surface area contributed by atoms with Crippen LogP contribution >= 0.6 is 23.5 Å². The minimum absolute atomic E-state index is 0.0356. The summed E-state index contributed by atoms with van der Waals surface area (Å²) in [6, 6.07) is 7.30. The molecule has 160 valence electrons. The maximum atomic E-state index is 12.9. The molecular formula is C21H17F3N4OS2. The van der Waals surface area contributed by atoms with Crippen LogP contribution in [0, 0.1) is 11.3 Å². The molecule has 10 heteroatoms. The number of nitrogens with zero attached hydrogens (tertiary/aromatic N) is 4. The summed E-state index contributed by atoms with van der Waals surface area (Å²) >= 11 is 2.86. The van der Waals surface area contributed by atoms with Crippen molar-refractivity contribution in [2.75, 3.05) is 13.2 Å².